The molecule has 1 amide bonds. The zero-order valence-electron chi connectivity index (χ0n) is 11.8. The van der Waals surface area contributed by atoms with Crippen LogP contribution >= 0.6 is 0 Å². The molecule has 1 saturated heterocycles. The fourth-order valence-corrected chi connectivity index (χ4v) is 3.19. The van der Waals surface area contributed by atoms with Crippen molar-refractivity contribution in [2.24, 2.45) is 5.92 Å². The molecule has 2 aliphatic heterocycles. The van der Waals surface area contributed by atoms with Gasteiger partial charge in [-0.15, -0.1) is 0 Å². The van der Waals surface area contributed by atoms with E-state index in [-0.39, 0.29) is 17.6 Å². The molecule has 4 nitrogen and oxygen atoms in total. The third-order valence-corrected chi connectivity index (χ3v) is 4.28. The van der Waals surface area contributed by atoms with E-state index in [1.807, 2.05) is 25.1 Å². The second kappa shape index (κ2) is 5.37. The summed E-state index contributed by atoms with van der Waals surface area (Å²) in [5.41, 5.74) is 2.71. The maximum atomic E-state index is 12.5. The normalized spacial score (nSPS) is 21.9. The third-order valence-electron chi connectivity index (χ3n) is 4.28. The van der Waals surface area contributed by atoms with Crippen LogP contribution < -0.4 is 10.2 Å². The summed E-state index contributed by atoms with van der Waals surface area (Å²) in [7, 11) is 0. The van der Waals surface area contributed by atoms with Crippen LogP contribution in [0.15, 0.2) is 18.2 Å². The lowest BCUT2D eigenvalue weighted by molar-refractivity contribution is -0.117. The highest BCUT2D eigenvalue weighted by Crippen LogP contribution is 2.30. The van der Waals surface area contributed by atoms with Gasteiger partial charge in [-0.25, -0.2) is 0 Å². The Kier molecular flexibility index (Phi) is 3.57. The van der Waals surface area contributed by atoms with Crippen LogP contribution in [-0.4, -0.2) is 31.3 Å². The molecule has 0 spiro atoms. The number of piperidine rings is 1. The van der Waals surface area contributed by atoms with E-state index in [1.165, 1.54) is 0 Å². The molecule has 2 aliphatic rings. The number of rotatable bonds is 3. The first kappa shape index (κ1) is 13.3. The second-order valence-corrected chi connectivity index (χ2v) is 5.57. The van der Waals surface area contributed by atoms with Gasteiger partial charge >= 0.3 is 0 Å². The van der Waals surface area contributed by atoms with Crippen molar-refractivity contribution in [2.45, 2.75) is 26.2 Å². The SMILES string of the molecule is CCN1C(=O)Cc2cc(C(=O)C3CCCNC3)ccc21. The Morgan fingerprint density at radius 2 is 2.30 bits per heavy atom. The molecule has 2 heterocycles. The predicted molar refractivity (Wildman–Crippen MR) is 78.1 cm³/mol. The van der Waals surface area contributed by atoms with Crippen LogP contribution in [0.5, 0.6) is 0 Å². The van der Waals surface area contributed by atoms with Crippen LogP contribution in [0, 0.1) is 5.92 Å². The van der Waals surface area contributed by atoms with E-state index in [2.05, 4.69) is 5.32 Å². The summed E-state index contributed by atoms with van der Waals surface area (Å²) in [6.45, 7) is 4.44. The molecule has 0 saturated carbocycles. The molecule has 0 radical (unpaired) electrons. The van der Waals surface area contributed by atoms with Gasteiger partial charge in [0.15, 0.2) is 5.78 Å². The Balaban J connectivity index is 1.84. The number of likely N-dealkylation sites (N-methyl/N-ethyl adjacent to an activating group) is 1. The van der Waals surface area contributed by atoms with Gasteiger partial charge in [0, 0.05) is 30.3 Å². The van der Waals surface area contributed by atoms with Crippen molar-refractivity contribution in [1.29, 1.82) is 0 Å². The summed E-state index contributed by atoms with van der Waals surface area (Å²) in [4.78, 5) is 26.2. The number of fused-ring (bicyclic) bond motifs is 1. The number of carbonyl (C=O) groups is 2. The fourth-order valence-electron chi connectivity index (χ4n) is 3.19. The first-order chi connectivity index (χ1) is 9.70. The number of nitrogens with one attached hydrogen (secondary N) is 1. The number of nitrogens with zero attached hydrogens (tertiary/aromatic N) is 1. The topological polar surface area (TPSA) is 49.4 Å². The highest BCUT2D eigenvalue weighted by atomic mass is 16.2. The van der Waals surface area contributed by atoms with Crippen LogP contribution in [-0.2, 0) is 11.2 Å². The first-order valence-electron chi connectivity index (χ1n) is 7.39. The Morgan fingerprint density at radius 3 is 3.00 bits per heavy atom. The van der Waals surface area contributed by atoms with Crippen molar-refractivity contribution in [3.63, 3.8) is 0 Å². The monoisotopic (exact) mass is 272 g/mol. The molecule has 106 valence electrons. The van der Waals surface area contributed by atoms with E-state index < -0.39 is 0 Å². The Morgan fingerprint density at radius 1 is 1.45 bits per heavy atom. The molecule has 0 bridgehead atoms. The molecule has 1 atom stereocenters. The summed E-state index contributed by atoms with van der Waals surface area (Å²) >= 11 is 0. The zero-order valence-corrected chi connectivity index (χ0v) is 11.8. The van der Waals surface area contributed by atoms with E-state index in [4.69, 9.17) is 0 Å². The Hall–Kier alpha value is -1.68. The molecule has 1 aromatic carbocycles. The third kappa shape index (κ3) is 2.24. The van der Waals surface area contributed by atoms with Crippen LogP contribution in [0.4, 0.5) is 5.69 Å². The minimum Gasteiger partial charge on any atom is -0.316 e. The Bertz CT molecular complexity index is 547. The summed E-state index contributed by atoms with van der Waals surface area (Å²) in [6.07, 6.45) is 2.44. The molecular weight excluding hydrogens is 252 g/mol. The van der Waals surface area contributed by atoms with E-state index >= 15 is 0 Å². The average Bonchev–Trinajstić information content (AvgIpc) is 2.81. The molecular formula is C16H20N2O2. The number of benzene rings is 1. The van der Waals surface area contributed by atoms with Crippen LogP contribution in [0.1, 0.15) is 35.7 Å². The van der Waals surface area contributed by atoms with Gasteiger partial charge in [-0.1, -0.05) is 0 Å². The van der Waals surface area contributed by atoms with Crippen molar-refractivity contribution in [1.82, 2.24) is 5.32 Å². The number of hydrogen-bond acceptors (Lipinski definition) is 3. The van der Waals surface area contributed by atoms with Gasteiger partial charge in [0.05, 0.1) is 6.42 Å². The van der Waals surface area contributed by atoms with Gasteiger partial charge in [0.2, 0.25) is 5.91 Å². The van der Waals surface area contributed by atoms with Gasteiger partial charge < -0.3 is 10.2 Å². The lowest BCUT2D eigenvalue weighted by Gasteiger charge is -2.22. The minimum atomic E-state index is 0.0844. The molecule has 1 aromatic rings. The lowest BCUT2D eigenvalue weighted by Crippen LogP contribution is -2.34. The highest BCUT2D eigenvalue weighted by molar-refractivity contribution is 6.04. The summed E-state index contributed by atoms with van der Waals surface area (Å²) in [6, 6.07) is 5.71. The highest BCUT2D eigenvalue weighted by Gasteiger charge is 2.28. The van der Waals surface area contributed by atoms with E-state index in [0.717, 1.165) is 42.7 Å². The maximum Gasteiger partial charge on any atom is 0.231 e. The Labute approximate surface area is 119 Å². The van der Waals surface area contributed by atoms with Gasteiger partial charge in [-0.3, -0.25) is 9.59 Å². The quantitative estimate of drug-likeness (QED) is 0.853. The van der Waals surface area contributed by atoms with Gasteiger partial charge in [0.25, 0.3) is 0 Å². The first-order valence-corrected chi connectivity index (χ1v) is 7.39. The number of Topliss-reactive ketones (excluding diaryl/α,β-unsaturated/α-hetero) is 1. The molecule has 0 aromatic heterocycles. The van der Waals surface area contributed by atoms with Crippen molar-refractivity contribution >= 4 is 17.4 Å². The molecule has 0 aliphatic carbocycles. The standard InChI is InChI=1S/C16H20N2O2/c1-2-18-14-6-5-11(8-13(14)9-15(18)19)16(20)12-4-3-7-17-10-12/h5-6,8,12,17H,2-4,7,9-10H2,1H3. The maximum absolute atomic E-state index is 12.5. The van der Waals surface area contributed by atoms with E-state index in [1.54, 1.807) is 4.90 Å². The number of amides is 1. The number of hydrogen-bond donors (Lipinski definition) is 1. The lowest BCUT2D eigenvalue weighted by atomic mass is 9.90. The molecule has 20 heavy (non-hydrogen) atoms. The minimum absolute atomic E-state index is 0.0844. The van der Waals surface area contributed by atoms with Crippen LogP contribution in [0.2, 0.25) is 0 Å². The molecule has 1 unspecified atom stereocenters. The molecule has 1 N–H and O–H groups in total. The van der Waals surface area contributed by atoms with Gasteiger partial charge in [-0.05, 0) is 50.1 Å². The number of anilines is 1. The van der Waals surface area contributed by atoms with Gasteiger partial charge in [-0.2, -0.15) is 0 Å². The van der Waals surface area contributed by atoms with Crippen molar-refractivity contribution < 1.29 is 9.59 Å². The summed E-state index contributed by atoms with van der Waals surface area (Å²) < 4.78 is 0. The largest absolute Gasteiger partial charge is 0.316 e. The van der Waals surface area contributed by atoms with Crippen molar-refractivity contribution in [3.8, 4) is 0 Å². The smallest absolute Gasteiger partial charge is 0.231 e. The summed E-state index contributed by atoms with van der Waals surface area (Å²) in [5, 5.41) is 3.28. The van der Waals surface area contributed by atoms with Crippen LogP contribution in [0.25, 0.3) is 0 Å². The summed E-state index contributed by atoms with van der Waals surface area (Å²) in [5.74, 6) is 0.426. The second-order valence-electron chi connectivity index (χ2n) is 5.57. The van der Waals surface area contributed by atoms with E-state index in [9.17, 15) is 9.59 Å². The molecule has 4 heteroatoms. The van der Waals surface area contributed by atoms with Crippen molar-refractivity contribution in [3.05, 3.63) is 29.3 Å². The van der Waals surface area contributed by atoms with Crippen LogP contribution in [0.3, 0.4) is 0 Å². The van der Waals surface area contributed by atoms with E-state index in [0.29, 0.717) is 13.0 Å². The van der Waals surface area contributed by atoms with Gasteiger partial charge in [0.1, 0.15) is 0 Å². The molecule has 3 rings (SSSR count). The van der Waals surface area contributed by atoms with Crippen molar-refractivity contribution in [2.75, 3.05) is 24.5 Å². The molecule has 1 fully saturated rings. The fraction of sp³-hybridized carbons (Fsp3) is 0.500. The number of ketones is 1. The predicted octanol–water partition coefficient (Wildman–Crippen LogP) is 1.78. The average molecular weight is 272 g/mol. The number of carbonyl (C=O) groups excluding carboxylic acids is 2. The zero-order chi connectivity index (χ0) is 14.1.